The molecule has 0 saturated carbocycles. The van der Waals surface area contributed by atoms with Gasteiger partial charge in [0.05, 0.1) is 19.0 Å². The highest BCUT2D eigenvalue weighted by molar-refractivity contribution is 7.51. The molecule has 0 aliphatic heterocycles. The van der Waals surface area contributed by atoms with Crippen molar-refractivity contribution >= 4 is 18.8 Å². The molecule has 3 aromatic rings. The Morgan fingerprint density at radius 2 is 1.96 bits per heavy atom. The number of rotatable bonds is 8. The standard InChI is InChI=1S/C14H18N5O5P/c20-7-11(3-6-24-10-25(21,22)23)19-9-17-13-12(19)14(16-8-15-13)18-4-1-2-5-18/h1-2,4-5,8-9,11,20H,3,6-7,10H2,(H2,21,22,23). The molecule has 0 fully saturated rings. The highest BCUT2D eigenvalue weighted by Gasteiger charge is 2.19. The Bertz CT molecular complexity index is 875. The van der Waals surface area contributed by atoms with E-state index >= 15 is 0 Å². The van der Waals surface area contributed by atoms with Crippen molar-refractivity contribution in [3.05, 3.63) is 37.2 Å². The molecule has 3 heterocycles. The Morgan fingerprint density at radius 3 is 2.64 bits per heavy atom. The minimum atomic E-state index is -4.20. The molecule has 0 aliphatic rings. The van der Waals surface area contributed by atoms with E-state index in [9.17, 15) is 9.67 Å². The number of nitrogens with zero attached hydrogens (tertiary/aromatic N) is 5. The second-order valence-corrected chi connectivity index (χ2v) is 7.03. The molecule has 11 heteroatoms. The third-order valence-electron chi connectivity index (χ3n) is 3.65. The highest BCUT2D eigenvalue weighted by Crippen LogP contribution is 2.34. The summed E-state index contributed by atoms with van der Waals surface area (Å²) in [6.45, 7) is -0.104. The average molecular weight is 367 g/mol. The van der Waals surface area contributed by atoms with E-state index in [1.54, 1.807) is 10.9 Å². The van der Waals surface area contributed by atoms with E-state index in [0.29, 0.717) is 23.4 Å². The predicted octanol–water partition coefficient (Wildman–Crippen LogP) is 0.692. The summed E-state index contributed by atoms with van der Waals surface area (Å²) in [6, 6.07) is 3.35. The first-order chi connectivity index (χ1) is 12.0. The fourth-order valence-corrected chi connectivity index (χ4v) is 2.89. The second-order valence-electron chi connectivity index (χ2n) is 5.44. The van der Waals surface area contributed by atoms with Crippen LogP contribution in [-0.2, 0) is 9.30 Å². The van der Waals surface area contributed by atoms with Crippen molar-refractivity contribution in [2.45, 2.75) is 12.5 Å². The van der Waals surface area contributed by atoms with Crippen LogP contribution in [0.3, 0.4) is 0 Å². The fraction of sp³-hybridized carbons (Fsp3) is 0.357. The molecule has 25 heavy (non-hydrogen) atoms. The number of hydrogen-bond donors (Lipinski definition) is 3. The van der Waals surface area contributed by atoms with Gasteiger partial charge in [-0.25, -0.2) is 15.0 Å². The Hall–Kier alpha value is -2.10. The quantitative estimate of drug-likeness (QED) is 0.391. The normalized spacial score (nSPS) is 13.4. The summed E-state index contributed by atoms with van der Waals surface area (Å²) in [5, 5.41) is 9.73. The van der Waals surface area contributed by atoms with Crippen molar-refractivity contribution in [2.75, 3.05) is 19.6 Å². The van der Waals surface area contributed by atoms with E-state index in [1.807, 2.05) is 29.1 Å². The van der Waals surface area contributed by atoms with Crippen molar-refractivity contribution in [1.82, 2.24) is 24.1 Å². The highest BCUT2D eigenvalue weighted by atomic mass is 31.2. The van der Waals surface area contributed by atoms with Crippen molar-refractivity contribution in [2.24, 2.45) is 0 Å². The molecule has 10 nitrogen and oxygen atoms in total. The van der Waals surface area contributed by atoms with Crippen LogP contribution in [0, 0.1) is 0 Å². The number of aliphatic hydroxyl groups is 1. The molecule has 0 aliphatic carbocycles. The van der Waals surface area contributed by atoms with E-state index in [0.717, 1.165) is 0 Å². The van der Waals surface area contributed by atoms with Gasteiger partial charge in [-0.1, -0.05) is 0 Å². The van der Waals surface area contributed by atoms with Gasteiger partial charge in [0.1, 0.15) is 18.2 Å². The van der Waals surface area contributed by atoms with Crippen LogP contribution >= 0.6 is 7.60 Å². The second kappa shape index (κ2) is 7.42. The smallest absolute Gasteiger partial charge is 0.350 e. The molecule has 1 atom stereocenters. The Kier molecular flexibility index (Phi) is 5.26. The summed E-state index contributed by atoms with van der Waals surface area (Å²) in [7, 11) is -4.20. The van der Waals surface area contributed by atoms with Gasteiger partial charge >= 0.3 is 7.60 Å². The van der Waals surface area contributed by atoms with Crippen molar-refractivity contribution in [1.29, 1.82) is 0 Å². The number of hydrogen-bond acceptors (Lipinski definition) is 6. The number of aliphatic hydroxyl groups excluding tert-OH is 1. The largest absolute Gasteiger partial charge is 0.394 e. The molecule has 134 valence electrons. The molecule has 1 unspecified atom stereocenters. The van der Waals surface area contributed by atoms with E-state index in [1.165, 1.54) is 6.33 Å². The van der Waals surface area contributed by atoms with Crippen LogP contribution in [0.15, 0.2) is 37.2 Å². The van der Waals surface area contributed by atoms with Crippen LogP contribution in [0.1, 0.15) is 12.5 Å². The third-order valence-corrected chi connectivity index (χ3v) is 4.17. The van der Waals surface area contributed by atoms with Crippen LogP contribution in [0.5, 0.6) is 0 Å². The van der Waals surface area contributed by atoms with E-state index in [4.69, 9.17) is 14.5 Å². The van der Waals surface area contributed by atoms with Crippen LogP contribution in [-0.4, -0.2) is 58.5 Å². The van der Waals surface area contributed by atoms with Crippen LogP contribution in [0.2, 0.25) is 0 Å². The summed E-state index contributed by atoms with van der Waals surface area (Å²) in [4.78, 5) is 30.3. The SMILES string of the molecule is O=P(O)(O)COCCC(CO)n1cnc2ncnc(-n3cccc3)c21. The maximum absolute atomic E-state index is 10.8. The number of ether oxygens (including phenoxy) is 1. The van der Waals surface area contributed by atoms with Crippen molar-refractivity contribution in [3.8, 4) is 5.82 Å². The van der Waals surface area contributed by atoms with Gasteiger partial charge in [-0.3, -0.25) is 4.57 Å². The average Bonchev–Trinajstić information content (AvgIpc) is 3.23. The number of aromatic nitrogens is 5. The zero-order valence-electron chi connectivity index (χ0n) is 13.2. The molecular formula is C14H18N5O5P. The first-order valence-electron chi connectivity index (χ1n) is 7.53. The molecule has 0 saturated heterocycles. The molecule has 0 bridgehead atoms. The van der Waals surface area contributed by atoms with Gasteiger partial charge in [0.25, 0.3) is 0 Å². The lowest BCUT2D eigenvalue weighted by Crippen LogP contribution is -2.16. The number of fused-ring (bicyclic) bond motifs is 1. The zero-order chi connectivity index (χ0) is 17.9. The third kappa shape index (κ3) is 4.12. The van der Waals surface area contributed by atoms with E-state index in [-0.39, 0.29) is 19.3 Å². The topological polar surface area (TPSA) is 136 Å². The van der Waals surface area contributed by atoms with Gasteiger partial charge in [-0.15, -0.1) is 0 Å². The maximum atomic E-state index is 10.8. The molecule has 0 spiro atoms. The molecule has 0 aromatic carbocycles. The van der Waals surface area contributed by atoms with Crippen LogP contribution < -0.4 is 0 Å². The zero-order valence-corrected chi connectivity index (χ0v) is 14.1. The van der Waals surface area contributed by atoms with E-state index < -0.39 is 13.9 Å². The van der Waals surface area contributed by atoms with Crippen LogP contribution in [0.4, 0.5) is 0 Å². The van der Waals surface area contributed by atoms with Gasteiger partial charge in [-0.2, -0.15) is 0 Å². The minimum Gasteiger partial charge on any atom is -0.394 e. The van der Waals surface area contributed by atoms with Gasteiger partial charge in [0, 0.05) is 19.0 Å². The molecular weight excluding hydrogens is 349 g/mol. The van der Waals surface area contributed by atoms with Crippen molar-refractivity contribution in [3.63, 3.8) is 0 Å². The summed E-state index contributed by atoms with van der Waals surface area (Å²) in [5.74, 6) is 0.627. The van der Waals surface area contributed by atoms with Gasteiger partial charge in [0.15, 0.2) is 11.5 Å². The summed E-state index contributed by atoms with van der Waals surface area (Å²) >= 11 is 0. The molecule has 0 amide bonds. The summed E-state index contributed by atoms with van der Waals surface area (Å²) < 4.78 is 19.4. The predicted molar refractivity (Wildman–Crippen MR) is 88.3 cm³/mol. The molecule has 3 N–H and O–H groups in total. The van der Waals surface area contributed by atoms with Crippen LogP contribution in [0.25, 0.3) is 17.0 Å². The first kappa shape index (κ1) is 17.7. The van der Waals surface area contributed by atoms with Crippen molar-refractivity contribution < 1.29 is 24.2 Å². The lowest BCUT2D eigenvalue weighted by Gasteiger charge is -2.18. The Morgan fingerprint density at radius 1 is 1.20 bits per heavy atom. The molecule has 3 aromatic heterocycles. The maximum Gasteiger partial charge on any atom is 0.350 e. The monoisotopic (exact) mass is 367 g/mol. The van der Waals surface area contributed by atoms with Gasteiger partial charge in [0.2, 0.25) is 0 Å². The summed E-state index contributed by atoms with van der Waals surface area (Å²) in [5.41, 5.74) is 1.15. The number of imidazole rings is 1. The van der Waals surface area contributed by atoms with Gasteiger partial charge < -0.3 is 28.8 Å². The summed E-state index contributed by atoms with van der Waals surface area (Å²) in [6.07, 6.45) is 6.38. The first-order valence-corrected chi connectivity index (χ1v) is 9.33. The lowest BCUT2D eigenvalue weighted by molar-refractivity contribution is 0.127. The molecule has 0 radical (unpaired) electrons. The Balaban J connectivity index is 1.85. The van der Waals surface area contributed by atoms with E-state index in [2.05, 4.69) is 15.0 Å². The molecule has 3 rings (SSSR count). The van der Waals surface area contributed by atoms with Gasteiger partial charge in [-0.05, 0) is 18.6 Å². The Labute approximate surface area is 142 Å². The fourth-order valence-electron chi connectivity index (χ4n) is 2.52. The minimum absolute atomic E-state index is 0.0859. The lowest BCUT2D eigenvalue weighted by atomic mass is 10.2.